The molecule has 0 bridgehead atoms. The monoisotopic (exact) mass is 329 g/mol. The fraction of sp³-hybridized carbons (Fsp3) is 0.278. The smallest absolute Gasteiger partial charge is 0.251 e. The number of fused-ring (bicyclic) bond motifs is 1. The number of carbonyl (C=O) groups is 1. The van der Waals surface area contributed by atoms with E-state index in [1.807, 2.05) is 42.6 Å². The lowest BCUT2D eigenvalue weighted by Gasteiger charge is -2.14. The molecule has 120 valence electrons. The van der Waals surface area contributed by atoms with Crippen LogP contribution in [-0.4, -0.2) is 24.2 Å². The Morgan fingerprint density at radius 2 is 2.22 bits per heavy atom. The lowest BCUT2D eigenvalue weighted by atomic mass is 10.1. The van der Waals surface area contributed by atoms with Crippen LogP contribution >= 0.6 is 11.3 Å². The number of benzene rings is 1. The number of carbonyl (C=O) groups excluding carboxylic acids is 1. The summed E-state index contributed by atoms with van der Waals surface area (Å²) in [6.45, 7) is 2.39. The molecule has 0 fully saturated rings. The van der Waals surface area contributed by atoms with Gasteiger partial charge in [-0.3, -0.25) is 4.79 Å². The maximum absolute atomic E-state index is 12.3. The van der Waals surface area contributed by atoms with Crippen LogP contribution in [0, 0.1) is 12.8 Å². The van der Waals surface area contributed by atoms with Crippen LogP contribution in [0.1, 0.15) is 21.0 Å². The zero-order valence-electron chi connectivity index (χ0n) is 12.9. The molecule has 0 spiro atoms. The molecule has 2 aromatic heterocycles. The first-order valence-electron chi connectivity index (χ1n) is 7.57. The molecule has 0 saturated heterocycles. The molecule has 1 aromatic carbocycles. The van der Waals surface area contributed by atoms with E-state index in [1.54, 1.807) is 17.4 Å². The Morgan fingerprint density at radius 1 is 1.35 bits per heavy atom. The zero-order valence-corrected chi connectivity index (χ0v) is 13.7. The Balaban J connectivity index is 1.62. The van der Waals surface area contributed by atoms with Crippen molar-refractivity contribution in [3.63, 3.8) is 0 Å². The standard InChI is InChI=1S/C18H19NO3S/c1-12-7-15-9-14(4-5-17(15)22-12)18(21)19-10-13(11-20)8-16-3-2-6-23-16/h2-7,9,13,20H,8,10-11H2,1H3,(H,19,21)/t13-/m0/s1. The lowest BCUT2D eigenvalue weighted by Crippen LogP contribution is -2.31. The molecule has 23 heavy (non-hydrogen) atoms. The third-order valence-corrected chi connectivity index (χ3v) is 4.68. The molecular weight excluding hydrogens is 310 g/mol. The second-order valence-corrected chi connectivity index (χ2v) is 6.68. The van der Waals surface area contributed by atoms with Gasteiger partial charge in [0.05, 0.1) is 0 Å². The lowest BCUT2D eigenvalue weighted by molar-refractivity contribution is 0.0940. The van der Waals surface area contributed by atoms with Crippen LogP contribution < -0.4 is 5.32 Å². The Bertz CT molecular complexity index is 792. The van der Waals surface area contributed by atoms with Crippen molar-refractivity contribution in [1.82, 2.24) is 5.32 Å². The van der Waals surface area contributed by atoms with Crippen LogP contribution in [0.15, 0.2) is 46.2 Å². The molecule has 2 N–H and O–H groups in total. The van der Waals surface area contributed by atoms with Gasteiger partial charge in [-0.1, -0.05) is 6.07 Å². The minimum atomic E-state index is -0.129. The van der Waals surface area contributed by atoms with E-state index in [2.05, 4.69) is 5.32 Å². The number of hydrogen-bond donors (Lipinski definition) is 2. The molecule has 2 heterocycles. The van der Waals surface area contributed by atoms with E-state index in [1.165, 1.54) is 4.88 Å². The van der Waals surface area contributed by atoms with Crippen LogP contribution in [0.25, 0.3) is 11.0 Å². The summed E-state index contributed by atoms with van der Waals surface area (Å²) in [5.41, 5.74) is 1.39. The van der Waals surface area contributed by atoms with Gasteiger partial charge in [0.15, 0.2) is 0 Å². The van der Waals surface area contributed by atoms with Crippen molar-refractivity contribution in [3.05, 3.63) is 58.0 Å². The predicted octanol–water partition coefficient (Wildman–Crippen LogP) is 3.38. The SMILES string of the molecule is Cc1cc2cc(C(=O)NC[C@@H](CO)Cc3cccs3)ccc2o1. The van der Waals surface area contributed by atoms with Gasteiger partial charge in [-0.05, 0) is 49.1 Å². The summed E-state index contributed by atoms with van der Waals surface area (Å²) in [5.74, 6) is 0.724. The molecule has 0 unspecified atom stereocenters. The first-order valence-corrected chi connectivity index (χ1v) is 8.45. The van der Waals surface area contributed by atoms with Crippen molar-refractivity contribution in [2.45, 2.75) is 13.3 Å². The van der Waals surface area contributed by atoms with Gasteiger partial charge < -0.3 is 14.8 Å². The minimum absolute atomic E-state index is 0.0255. The number of aryl methyl sites for hydroxylation is 1. The van der Waals surface area contributed by atoms with Gasteiger partial charge in [-0.2, -0.15) is 0 Å². The maximum Gasteiger partial charge on any atom is 0.251 e. The number of hydrogen-bond acceptors (Lipinski definition) is 4. The molecule has 0 aliphatic rings. The molecule has 4 nitrogen and oxygen atoms in total. The van der Waals surface area contributed by atoms with Gasteiger partial charge in [0, 0.05) is 34.9 Å². The van der Waals surface area contributed by atoms with E-state index >= 15 is 0 Å². The Morgan fingerprint density at radius 3 is 2.96 bits per heavy atom. The van der Waals surface area contributed by atoms with Crippen molar-refractivity contribution in [1.29, 1.82) is 0 Å². The molecule has 3 aromatic rings. The summed E-state index contributed by atoms with van der Waals surface area (Å²) < 4.78 is 5.51. The molecular formula is C18H19NO3S. The summed E-state index contributed by atoms with van der Waals surface area (Å²) in [6, 6.07) is 11.4. The van der Waals surface area contributed by atoms with Crippen LogP contribution in [0.5, 0.6) is 0 Å². The average molecular weight is 329 g/mol. The van der Waals surface area contributed by atoms with Gasteiger partial charge in [0.25, 0.3) is 5.91 Å². The molecule has 0 saturated carbocycles. The Hall–Kier alpha value is -2.11. The Kier molecular flexibility index (Phi) is 4.79. The van der Waals surface area contributed by atoms with Crippen LogP contribution in [-0.2, 0) is 6.42 Å². The quantitative estimate of drug-likeness (QED) is 0.729. The number of furan rings is 1. The number of rotatable bonds is 6. The van der Waals surface area contributed by atoms with Gasteiger partial charge >= 0.3 is 0 Å². The molecule has 0 radical (unpaired) electrons. The van der Waals surface area contributed by atoms with E-state index in [9.17, 15) is 9.90 Å². The highest BCUT2D eigenvalue weighted by atomic mass is 32.1. The maximum atomic E-state index is 12.3. The van der Waals surface area contributed by atoms with Gasteiger partial charge in [0.2, 0.25) is 0 Å². The van der Waals surface area contributed by atoms with Gasteiger partial charge in [0.1, 0.15) is 11.3 Å². The van der Waals surface area contributed by atoms with Crippen LogP contribution in [0.2, 0.25) is 0 Å². The van der Waals surface area contributed by atoms with Crippen molar-refractivity contribution >= 4 is 28.2 Å². The predicted molar refractivity (Wildman–Crippen MR) is 91.9 cm³/mol. The first-order chi connectivity index (χ1) is 11.2. The summed E-state index contributed by atoms with van der Waals surface area (Å²) in [5, 5.41) is 15.3. The topological polar surface area (TPSA) is 62.5 Å². The molecule has 0 aliphatic heterocycles. The second-order valence-electron chi connectivity index (χ2n) is 5.65. The van der Waals surface area contributed by atoms with Crippen molar-refractivity contribution in [2.75, 3.05) is 13.2 Å². The number of amides is 1. The van der Waals surface area contributed by atoms with E-state index in [0.29, 0.717) is 12.1 Å². The first kappa shape index (κ1) is 15.8. The van der Waals surface area contributed by atoms with Crippen molar-refractivity contribution in [2.24, 2.45) is 5.92 Å². The summed E-state index contributed by atoms with van der Waals surface area (Å²) in [6.07, 6.45) is 0.772. The van der Waals surface area contributed by atoms with E-state index < -0.39 is 0 Å². The highest BCUT2D eigenvalue weighted by Gasteiger charge is 2.13. The normalized spacial score (nSPS) is 12.4. The number of aliphatic hydroxyl groups excluding tert-OH is 1. The number of aliphatic hydroxyl groups is 1. The number of nitrogens with one attached hydrogen (secondary N) is 1. The summed E-state index contributed by atoms with van der Waals surface area (Å²) in [7, 11) is 0. The zero-order chi connectivity index (χ0) is 16.2. The fourth-order valence-corrected chi connectivity index (χ4v) is 3.39. The minimum Gasteiger partial charge on any atom is -0.461 e. The van der Waals surface area contributed by atoms with E-state index in [0.717, 1.165) is 23.2 Å². The summed E-state index contributed by atoms with van der Waals surface area (Å²) >= 11 is 1.67. The van der Waals surface area contributed by atoms with Crippen LogP contribution in [0.4, 0.5) is 0 Å². The highest BCUT2D eigenvalue weighted by molar-refractivity contribution is 7.09. The highest BCUT2D eigenvalue weighted by Crippen LogP contribution is 2.20. The van der Waals surface area contributed by atoms with Gasteiger partial charge in [-0.25, -0.2) is 0 Å². The van der Waals surface area contributed by atoms with Gasteiger partial charge in [-0.15, -0.1) is 11.3 Å². The average Bonchev–Trinajstić information content (AvgIpc) is 3.18. The molecule has 3 rings (SSSR count). The largest absolute Gasteiger partial charge is 0.461 e. The Labute approximate surface area is 138 Å². The van der Waals surface area contributed by atoms with E-state index in [4.69, 9.17) is 4.42 Å². The van der Waals surface area contributed by atoms with E-state index in [-0.39, 0.29) is 18.4 Å². The molecule has 5 heteroatoms. The third-order valence-electron chi connectivity index (χ3n) is 3.78. The molecule has 0 aliphatic carbocycles. The molecule has 1 atom stereocenters. The third kappa shape index (κ3) is 3.81. The van der Waals surface area contributed by atoms with Crippen LogP contribution in [0.3, 0.4) is 0 Å². The summed E-state index contributed by atoms with van der Waals surface area (Å²) in [4.78, 5) is 13.5. The van der Waals surface area contributed by atoms with Crippen molar-refractivity contribution in [3.8, 4) is 0 Å². The van der Waals surface area contributed by atoms with Crippen molar-refractivity contribution < 1.29 is 14.3 Å². The number of thiophene rings is 1. The fourth-order valence-electron chi connectivity index (χ4n) is 2.57. The molecule has 1 amide bonds. The second kappa shape index (κ2) is 6.98.